The molecule has 9 nitrogen and oxygen atoms in total. The van der Waals surface area contributed by atoms with Gasteiger partial charge in [-0.3, -0.25) is 9.36 Å². The van der Waals surface area contributed by atoms with E-state index in [2.05, 4.69) is 20.9 Å². The Morgan fingerprint density at radius 1 is 1.02 bits per heavy atom. The number of benzene rings is 2. The van der Waals surface area contributed by atoms with Crippen molar-refractivity contribution in [2.45, 2.75) is 33.7 Å². The van der Waals surface area contributed by atoms with Crippen molar-refractivity contribution in [1.82, 2.24) is 4.57 Å². The summed E-state index contributed by atoms with van der Waals surface area (Å²) >= 11 is 4.78. The Kier molecular flexibility index (Phi) is 9.36. The molecule has 1 aliphatic rings. The van der Waals surface area contributed by atoms with Crippen LogP contribution in [0.1, 0.15) is 44.9 Å². The second-order valence-corrected chi connectivity index (χ2v) is 10.5. The predicted octanol–water partition coefficient (Wildman–Crippen LogP) is 4.38. The summed E-state index contributed by atoms with van der Waals surface area (Å²) in [6.07, 6.45) is 1.77. The molecule has 0 saturated carbocycles. The first kappa shape index (κ1) is 29.4. The molecular formula is C29H31BrN2O7S. The Balaban J connectivity index is 1.94. The highest BCUT2D eigenvalue weighted by Gasteiger charge is 2.34. The quantitative estimate of drug-likeness (QED) is 0.307. The molecule has 4 rings (SSSR count). The van der Waals surface area contributed by atoms with Gasteiger partial charge in [-0.15, -0.1) is 0 Å². The number of nitrogens with zero attached hydrogens (tertiary/aromatic N) is 2. The molecule has 3 aromatic rings. The van der Waals surface area contributed by atoms with Gasteiger partial charge in [-0.25, -0.2) is 9.79 Å². The van der Waals surface area contributed by atoms with E-state index in [4.69, 9.17) is 23.7 Å². The van der Waals surface area contributed by atoms with Crippen molar-refractivity contribution in [1.29, 1.82) is 0 Å². The van der Waals surface area contributed by atoms with E-state index in [0.717, 1.165) is 5.56 Å². The number of thiazole rings is 1. The van der Waals surface area contributed by atoms with Crippen molar-refractivity contribution in [3.05, 3.63) is 76.9 Å². The Labute approximate surface area is 244 Å². The molecule has 1 aromatic heterocycles. The minimum Gasteiger partial charge on any atom is -0.493 e. The maximum absolute atomic E-state index is 14.0. The van der Waals surface area contributed by atoms with Crippen molar-refractivity contribution in [3.8, 4) is 23.0 Å². The summed E-state index contributed by atoms with van der Waals surface area (Å²) in [4.78, 5) is 32.3. The number of aromatic nitrogens is 1. The number of fused-ring (bicyclic) bond motifs is 1. The van der Waals surface area contributed by atoms with E-state index in [0.29, 0.717) is 66.9 Å². The van der Waals surface area contributed by atoms with Crippen LogP contribution in [-0.4, -0.2) is 44.6 Å². The van der Waals surface area contributed by atoms with Gasteiger partial charge in [0, 0.05) is 0 Å². The molecule has 212 valence electrons. The minimum atomic E-state index is -0.774. The van der Waals surface area contributed by atoms with Crippen LogP contribution in [-0.2, 0) is 9.53 Å². The summed E-state index contributed by atoms with van der Waals surface area (Å²) in [5.41, 5.74) is 1.88. The van der Waals surface area contributed by atoms with Gasteiger partial charge in [-0.1, -0.05) is 17.4 Å². The number of halogens is 1. The summed E-state index contributed by atoms with van der Waals surface area (Å²) in [6, 6.07) is 8.25. The van der Waals surface area contributed by atoms with Gasteiger partial charge < -0.3 is 23.7 Å². The lowest BCUT2D eigenvalue weighted by Crippen LogP contribution is -2.40. The second-order valence-electron chi connectivity index (χ2n) is 8.61. The molecule has 0 fully saturated rings. The largest absolute Gasteiger partial charge is 0.493 e. The Hall–Kier alpha value is -3.57. The lowest BCUT2D eigenvalue weighted by atomic mass is 9.95. The average Bonchev–Trinajstić information content (AvgIpc) is 3.23. The smallest absolute Gasteiger partial charge is 0.338 e. The first-order valence-corrected chi connectivity index (χ1v) is 14.4. The second kappa shape index (κ2) is 12.7. The van der Waals surface area contributed by atoms with Crippen LogP contribution in [0.25, 0.3) is 6.08 Å². The summed E-state index contributed by atoms with van der Waals surface area (Å²) in [5.74, 6) is 1.65. The molecule has 0 N–H and O–H groups in total. The van der Waals surface area contributed by atoms with E-state index in [1.165, 1.54) is 15.9 Å². The maximum atomic E-state index is 14.0. The first-order valence-electron chi connectivity index (χ1n) is 12.8. The number of carbonyl (C=O) groups is 1. The predicted molar refractivity (Wildman–Crippen MR) is 156 cm³/mol. The van der Waals surface area contributed by atoms with Crippen molar-refractivity contribution >= 4 is 39.3 Å². The van der Waals surface area contributed by atoms with Gasteiger partial charge >= 0.3 is 5.97 Å². The topological polar surface area (TPSA) is 97.6 Å². The lowest BCUT2D eigenvalue weighted by molar-refractivity contribution is -0.139. The van der Waals surface area contributed by atoms with Gasteiger partial charge in [0.05, 0.1) is 60.4 Å². The van der Waals surface area contributed by atoms with Crippen LogP contribution < -0.4 is 33.8 Å². The molecular weight excluding hydrogens is 600 g/mol. The molecule has 11 heteroatoms. The van der Waals surface area contributed by atoms with Gasteiger partial charge in [-0.2, -0.15) is 0 Å². The van der Waals surface area contributed by atoms with Crippen LogP contribution in [0.4, 0.5) is 0 Å². The van der Waals surface area contributed by atoms with E-state index in [1.807, 2.05) is 26.0 Å². The molecule has 0 spiro atoms. The number of methoxy groups -OCH3 is 2. The van der Waals surface area contributed by atoms with E-state index >= 15 is 0 Å². The molecule has 1 atom stereocenters. The number of hydrogen-bond donors (Lipinski definition) is 0. The molecule has 1 aliphatic heterocycles. The van der Waals surface area contributed by atoms with Crippen LogP contribution in [0.5, 0.6) is 23.0 Å². The van der Waals surface area contributed by atoms with Crippen molar-refractivity contribution in [3.63, 3.8) is 0 Å². The Morgan fingerprint density at radius 2 is 1.75 bits per heavy atom. The molecule has 0 saturated heterocycles. The summed E-state index contributed by atoms with van der Waals surface area (Å²) in [5, 5.41) is 0. The number of ether oxygens (including phenoxy) is 5. The fraction of sp³-hybridized carbons (Fsp3) is 0.345. The zero-order valence-electron chi connectivity index (χ0n) is 23.2. The third-order valence-electron chi connectivity index (χ3n) is 6.16. The molecule has 0 radical (unpaired) electrons. The molecule has 0 unspecified atom stereocenters. The van der Waals surface area contributed by atoms with Crippen LogP contribution in [0, 0.1) is 0 Å². The van der Waals surface area contributed by atoms with E-state index in [9.17, 15) is 9.59 Å². The molecule has 0 bridgehead atoms. The van der Waals surface area contributed by atoms with Crippen molar-refractivity contribution in [2.75, 3.05) is 34.0 Å². The number of esters is 1. The van der Waals surface area contributed by atoms with E-state index < -0.39 is 12.0 Å². The summed E-state index contributed by atoms with van der Waals surface area (Å²) < 4.78 is 30.5. The molecule has 2 aromatic carbocycles. The highest BCUT2D eigenvalue weighted by Crippen LogP contribution is 2.38. The van der Waals surface area contributed by atoms with E-state index in [1.54, 1.807) is 52.3 Å². The minimum absolute atomic E-state index is 0.189. The zero-order valence-corrected chi connectivity index (χ0v) is 25.6. The molecule has 40 heavy (non-hydrogen) atoms. The van der Waals surface area contributed by atoms with Crippen molar-refractivity contribution in [2.24, 2.45) is 4.99 Å². The molecule has 0 aliphatic carbocycles. The monoisotopic (exact) mass is 630 g/mol. The van der Waals surface area contributed by atoms with Crippen LogP contribution in [0.3, 0.4) is 0 Å². The highest BCUT2D eigenvalue weighted by molar-refractivity contribution is 9.10. The summed E-state index contributed by atoms with van der Waals surface area (Å²) in [7, 11) is 3.12. The third-order valence-corrected chi connectivity index (χ3v) is 7.73. The van der Waals surface area contributed by atoms with Gasteiger partial charge in [0.2, 0.25) is 0 Å². The van der Waals surface area contributed by atoms with Gasteiger partial charge in [0.1, 0.15) is 0 Å². The van der Waals surface area contributed by atoms with E-state index in [-0.39, 0.29) is 12.2 Å². The highest BCUT2D eigenvalue weighted by atomic mass is 79.9. The van der Waals surface area contributed by atoms with Gasteiger partial charge in [-0.05, 0) is 85.1 Å². The van der Waals surface area contributed by atoms with Crippen LogP contribution in [0.15, 0.2) is 55.9 Å². The van der Waals surface area contributed by atoms with Gasteiger partial charge in [0.25, 0.3) is 5.56 Å². The zero-order chi connectivity index (χ0) is 29.0. The lowest BCUT2D eigenvalue weighted by Gasteiger charge is -2.25. The Bertz CT molecular complexity index is 1640. The number of allylic oxidation sites excluding steroid dienone is 1. The van der Waals surface area contributed by atoms with Crippen LogP contribution >= 0.6 is 27.3 Å². The normalized spacial score (nSPS) is 14.9. The number of hydrogen-bond acceptors (Lipinski definition) is 9. The Morgan fingerprint density at radius 3 is 2.40 bits per heavy atom. The third kappa shape index (κ3) is 5.66. The van der Waals surface area contributed by atoms with Crippen LogP contribution in [0.2, 0.25) is 0 Å². The molecule has 0 amide bonds. The maximum Gasteiger partial charge on any atom is 0.338 e. The standard InChI is InChI=1S/C29H31BrN2O7S/c1-7-37-21-15-18(10-11-20(21)35-5)25-24(28(34)39-9-3)16(4)31-29-32(25)27(33)23(40-29)14-17-12-19(30)26(38-8-2)22(13-17)36-6/h10-15,25H,7-9H2,1-6H3/b23-14-/t25-/m1/s1. The number of carbonyl (C=O) groups excluding carboxylic acids is 1. The van der Waals surface area contributed by atoms with Gasteiger partial charge in [0.15, 0.2) is 27.8 Å². The summed E-state index contributed by atoms with van der Waals surface area (Å²) in [6.45, 7) is 8.34. The SMILES string of the molecule is CCOC(=O)C1=C(C)N=c2s/c(=C\c3cc(Br)c(OCC)c(OC)c3)c(=O)n2[C@@H]1c1ccc(OC)c(OCC)c1. The first-order chi connectivity index (χ1) is 19.3. The van der Waals surface area contributed by atoms with Crippen molar-refractivity contribution < 1.29 is 28.5 Å². The fourth-order valence-electron chi connectivity index (χ4n) is 4.50. The fourth-order valence-corrected chi connectivity index (χ4v) is 6.12. The average molecular weight is 632 g/mol. The number of rotatable bonds is 10. The molecule has 2 heterocycles.